The summed E-state index contributed by atoms with van der Waals surface area (Å²) in [5, 5.41) is 0. The third-order valence-corrected chi connectivity index (χ3v) is 5.01. The van der Waals surface area contributed by atoms with Crippen LogP contribution in [0.4, 0.5) is 0 Å². The van der Waals surface area contributed by atoms with E-state index in [0.29, 0.717) is 24.2 Å². The molecule has 1 atom stereocenters. The van der Waals surface area contributed by atoms with Gasteiger partial charge in [0.2, 0.25) is 10.0 Å². The van der Waals surface area contributed by atoms with Crippen molar-refractivity contribution in [2.45, 2.75) is 18.4 Å². The van der Waals surface area contributed by atoms with Gasteiger partial charge in [-0.1, -0.05) is 13.0 Å². The molecule has 0 amide bonds. The van der Waals surface area contributed by atoms with Crippen LogP contribution in [0, 0.1) is 5.92 Å². The van der Waals surface area contributed by atoms with Crippen LogP contribution in [0.25, 0.3) is 0 Å². The van der Waals surface area contributed by atoms with Crippen molar-refractivity contribution in [1.82, 2.24) is 4.72 Å². The normalized spacial score (nSPS) is 13.5. The van der Waals surface area contributed by atoms with Gasteiger partial charge < -0.3 is 10.5 Å². The predicted molar refractivity (Wildman–Crippen MR) is 78.3 cm³/mol. The fourth-order valence-electron chi connectivity index (χ4n) is 1.55. The average Bonchev–Trinajstić information content (AvgIpc) is 2.37. The number of rotatable bonds is 7. The van der Waals surface area contributed by atoms with Crippen molar-refractivity contribution in [3.8, 4) is 0 Å². The number of nitrogens with two attached hydrogens (primary N) is 1. The van der Waals surface area contributed by atoms with Crippen LogP contribution in [0.3, 0.4) is 0 Å². The molecule has 0 saturated heterocycles. The van der Waals surface area contributed by atoms with Crippen molar-refractivity contribution < 1.29 is 13.2 Å². The molecule has 0 heterocycles. The molecule has 0 radical (unpaired) electrons. The maximum Gasteiger partial charge on any atom is 0.241 e. The number of halogens is 1. The SMILES string of the molecule is COCC(C)CNS(=O)(=O)c1cc(CN)ccc1Br. The Morgan fingerprint density at radius 3 is 2.74 bits per heavy atom. The Morgan fingerprint density at radius 1 is 1.47 bits per heavy atom. The number of hydrogen-bond acceptors (Lipinski definition) is 4. The number of nitrogens with one attached hydrogen (secondary N) is 1. The molecule has 0 saturated carbocycles. The van der Waals surface area contributed by atoms with E-state index >= 15 is 0 Å². The van der Waals surface area contributed by atoms with Gasteiger partial charge in [0.25, 0.3) is 0 Å². The Kier molecular flexibility index (Phi) is 6.41. The van der Waals surface area contributed by atoms with Crippen LogP contribution >= 0.6 is 15.9 Å². The lowest BCUT2D eigenvalue weighted by Gasteiger charge is -2.13. The molecule has 0 aliphatic heterocycles. The zero-order valence-corrected chi connectivity index (χ0v) is 13.4. The van der Waals surface area contributed by atoms with Gasteiger partial charge in [0.1, 0.15) is 0 Å². The first kappa shape index (κ1) is 16.6. The van der Waals surface area contributed by atoms with E-state index in [1.807, 2.05) is 6.92 Å². The summed E-state index contributed by atoms with van der Waals surface area (Å²) in [5.41, 5.74) is 6.30. The summed E-state index contributed by atoms with van der Waals surface area (Å²) >= 11 is 3.25. The van der Waals surface area contributed by atoms with Gasteiger partial charge in [0.15, 0.2) is 0 Å². The summed E-state index contributed by atoms with van der Waals surface area (Å²) in [6.45, 7) is 3.05. The van der Waals surface area contributed by atoms with Crippen LogP contribution in [0.5, 0.6) is 0 Å². The molecule has 108 valence electrons. The van der Waals surface area contributed by atoms with Crippen molar-refractivity contribution in [3.63, 3.8) is 0 Å². The molecule has 0 aromatic heterocycles. The van der Waals surface area contributed by atoms with Crippen LogP contribution in [-0.2, 0) is 21.3 Å². The molecule has 1 aromatic rings. The summed E-state index contributed by atoms with van der Waals surface area (Å²) in [5.74, 6) is 0.108. The van der Waals surface area contributed by atoms with Crippen LogP contribution in [-0.4, -0.2) is 28.7 Å². The highest BCUT2D eigenvalue weighted by molar-refractivity contribution is 9.10. The van der Waals surface area contributed by atoms with E-state index < -0.39 is 10.0 Å². The molecule has 1 aromatic carbocycles. The largest absolute Gasteiger partial charge is 0.384 e. The third-order valence-electron chi connectivity index (χ3n) is 2.59. The van der Waals surface area contributed by atoms with Crippen molar-refractivity contribution in [3.05, 3.63) is 28.2 Å². The van der Waals surface area contributed by atoms with E-state index in [4.69, 9.17) is 10.5 Å². The summed E-state index contributed by atoms with van der Waals surface area (Å²) < 4.78 is 32.5. The molecule has 1 rings (SSSR count). The Bertz CT molecular complexity index is 520. The minimum atomic E-state index is -3.54. The van der Waals surface area contributed by atoms with Gasteiger partial charge in [0, 0.05) is 31.3 Å². The molecule has 19 heavy (non-hydrogen) atoms. The van der Waals surface area contributed by atoms with E-state index in [2.05, 4.69) is 20.7 Å². The lowest BCUT2D eigenvalue weighted by Crippen LogP contribution is -2.30. The summed E-state index contributed by atoms with van der Waals surface area (Å²) in [7, 11) is -1.96. The standard InChI is InChI=1S/C12H19BrN2O3S/c1-9(8-18-2)7-15-19(16,17)12-5-10(6-14)3-4-11(12)13/h3-5,9,15H,6-8,14H2,1-2H3. The third kappa shape index (κ3) is 4.85. The number of hydrogen-bond donors (Lipinski definition) is 2. The van der Waals surface area contributed by atoms with Gasteiger partial charge in [-0.3, -0.25) is 0 Å². The maximum atomic E-state index is 12.2. The second kappa shape index (κ2) is 7.35. The quantitative estimate of drug-likeness (QED) is 0.780. The maximum absolute atomic E-state index is 12.2. The first-order valence-corrected chi connectivity index (χ1v) is 8.15. The molecule has 0 aliphatic carbocycles. The van der Waals surface area contributed by atoms with E-state index in [1.54, 1.807) is 25.3 Å². The van der Waals surface area contributed by atoms with E-state index in [9.17, 15) is 8.42 Å². The number of methoxy groups -OCH3 is 1. The van der Waals surface area contributed by atoms with Crippen molar-refractivity contribution in [2.75, 3.05) is 20.3 Å². The Labute approximate surface area is 122 Å². The van der Waals surface area contributed by atoms with E-state index in [-0.39, 0.29) is 10.8 Å². The van der Waals surface area contributed by atoms with Crippen LogP contribution in [0.15, 0.2) is 27.6 Å². The van der Waals surface area contributed by atoms with Crippen molar-refractivity contribution >= 4 is 26.0 Å². The van der Waals surface area contributed by atoms with Crippen molar-refractivity contribution in [1.29, 1.82) is 0 Å². The predicted octanol–water partition coefficient (Wildman–Crippen LogP) is 1.47. The van der Waals surface area contributed by atoms with Gasteiger partial charge >= 0.3 is 0 Å². The average molecular weight is 351 g/mol. The molecule has 0 aliphatic rings. The molecular formula is C12H19BrN2O3S. The van der Waals surface area contributed by atoms with Crippen LogP contribution < -0.4 is 10.5 Å². The first-order valence-electron chi connectivity index (χ1n) is 5.87. The van der Waals surface area contributed by atoms with Gasteiger partial charge in [-0.2, -0.15) is 0 Å². The number of benzene rings is 1. The summed E-state index contributed by atoms with van der Waals surface area (Å²) in [4.78, 5) is 0.208. The topological polar surface area (TPSA) is 81.4 Å². The highest BCUT2D eigenvalue weighted by atomic mass is 79.9. The Hall–Kier alpha value is -0.470. The van der Waals surface area contributed by atoms with E-state index in [0.717, 1.165) is 5.56 Å². The molecule has 1 unspecified atom stereocenters. The molecule has 7 heteroatoms. The van der Waals surface area contributed by atoms with Gasteiger partial charge in [0.05, 0.1) is 4.90 Å². The molecule has 0 bridgehead atoms. The smallest absolute Gasteiger partial charge is 0.241 e. The lowest BCUT2D eigenvalue weighted by atomic mass is 10.2. The van der Waals surface area contributed by atoms with Crippen LogP contribution in [0.2, 0.25) is 0 Å². The number of sulfonamides is 1. The minimum Gasteiger partial charge on any atom is -0.384 e. The van der Waals surface area contributed by atoms with E-state index in [1.165, 1.54) is 0 Å². The molecule has 0 spiro atoms. The molecular weight excluding hydrogens is 332 g/mol. The monoisotopic (exact) mass is 350 g/mol. The highest BCUT2D eigenvalue weighted by Gasteiger charge is 2.18. The molecule has 5 nitrogen and oxygen atoms in total. The molecule has 0 fully saturated rings. The fraction of sp³-hybridized carbons (Fsp3) is 0.500. The highest BCUT2D eigenvalue weighted by Crippen LogP contribution is 2.23. The first-order chi connectivity index (χ1) is 8.90. The van der Waals surface area contributed by atoms with Gasteiger partial charge in [-0.25, -0.2) is 13.1 Å². The fourth-order valence-corrected chi connectivity index (χ4v) is 3.73. The zero-order valence-electron chi connectivity index (χ0n) is 11.0. The summed E-state index contributed by atoms with van der Waals surface area (Å²) in [6, 6.07) is 5.05. The second-order valence-corrected chi connectivity index (χ2v) is 6.97. The van der Waals surface area contributed by atoms with Crippen molar-refractivity contribution in [2.24, 2.45) is 11.7 Å². The van der Waals surface area contributed by atoms with Gasteiger partial charge in [-0.15, -0.1) is 0 Å². The lowest BCUT2D eigenvalue weighted by molar-refractivity contribution is 0.161. The zero-order chi connectivity index (χ0) is 14.5. The minimum absolute atomic E-state index is 0.108. The van der Waals surface area contributed by atoms with Crippen LogP contribution in [0.1, 0.15) is 12.5 Å². The Balaban J connectivity index is 2.88. The number of ether oxygens (including phenoxy) is 1. The second-order valence-electron chi connectivity index (χ2n) is 4.38. The van der Waals surface area contributed by atoms with Gasteiger partial charge in [-0.05, 0) is 39.5 Å². The Morgan fingerprint density at radius 2 is 2.16 bits per heavy atom. The molecule has 3 N–H and O–H groups in total. The summed E-state index contributed by atoms with van der Waals surface area (Å²) in [6.07, 6.45) is 0.